The molecule has 0 aliphatic heterocycles. The molecule has 12 heteroatoms. The molecule has 5 rings (SSSR count). The highest BCUT2D eigenvalue weighted by atomic mass is 19.4. The molecule has 3 aromatic heterocycles. The van der Waals surface area contributed by atoms with Crippen molar-refractivity contribution in [2.45, 2.75) is 12.4 Å². The minimum atomic E-state index is -4.94. The van der Waals surface area contributed by atoms with Crippen LogP contribution in [0.1, 0.15) is 11.3 Å². The Labute approximate surface area is 179 Å². The zero-order chi connectivity index (χ0) is 23.5. The number of halogens is 7. The van der Waals surface area contributed by atoms with Crippen LogP contribution < -0.4 is 0 Å². The molecule has 0 aliphatic carbocycles. The lowest BCUT2D eigenvalue weighted by Gasteiger charge is -2.11. The summed E-state index contributed by atoms with van der Waals surface area (Å²) in [5.74, 6) is -0.953. The Morgan fingerprint density at radius 3 is 2.42 bits per heavy atom. The first-order valence-corrected chi connectivity index (χ1v) is 9.29. The number of nitrogens with one attached hydrogen (secondary N) is 1. The van der Waals surface area contributed by atoms with Crippen LogP contribution in [-0.2, 0) is 12.4 Å². The number of H-pyrrole nitrogens is 1. The molecule has 168 valence electrons. The molecule has 0 radical (unpaired) electrons. The van der Waals surface area contributed by atoms with Gasteiger partial charge in [-0.3, -0.25) is 14.5 Å². The monoisotopic (exact) mass is 465 g/mol. The van der Waals surface area contributed by atoms with E-state index in [0.29, 0.717) is 0 Å². The van der Waals surface area contributed by atoms with Gasteiger partial charge in [0.05, 0.1) is 40.2 Å². The predicted octanol–water partition coefficient (Wildman–Crippen LogP) is 6.12. The molecule has 5 nitrogen and oxygen atoms in total. The molecule has 0 atom stereocenters. The number of imidazole rings is 1. The molecular weight excluding hydrogens is 455 g/mol. The summed E-state index contributed by atoms with van der Waals surface area (Å²) in [6.45, 7) is 0. The van der Waals surface area contributed by atoms with Crippen molar-refractivity contribution in [3.8, 4) is 22.5 Å². The molecule has 0 spiro atoms. The molecule has 5 aromatic rings. The van der Waals surface area contributed by atoms with Crippen molar-refractivity contribution in [2.24, 2.45) is 0 Å². The molecule has 3 heterocycles. The van der Waals surface area contributed by atoms with E-state index in [0.717, 1.165) is 47.3 Å². The molecular formula is C21H10F7N5. The fraction of sp³-hybridized carbons (Fsp3) is 0.0952. The lowest BCUT2D eigenvalue weighted by Crippen LogP contribution is -2.08. The Morgan fingerprint density at radius 1 is 0.909 bits per heavy atom. The normalized spacial score (nSPS) is 12.7. The summed E-state index contributed by atoms with van der Waals surface area (Å²) in [5.41, 5.74) is -3.30. The highest BCUT2D eigenvalue weighted by Crippen LogP contribution is 2.40. The van der Waals surface area contributed by atoms with Gasteiger partial charge in [0.1, 0.15) is 5.82 Å². The summed E-state index contributed by atoms with van der Waals surface area (Å²) in [6.07, 6.45) is -6.33. The van der Waals surface area contributed by atoms with Crippen LogP contribution >= 0.6 is 0 Å². The van der Waals surface area contributed by atoms with Crippen molar-refractivity contribution in [1.29, 1.82) is 0 Å². The van der Waals surface area contributed by atoms with E-state index in [1.54, 1.807) is 0 Å². The van der Waals surface area contributed by atoms with Gasteiger partial charge in [-0.25, -0.2) is 9.37 Å². The molecule has 0 saturated heterocycles. The van der Waals surface area contributed by atoms with Gasteiger partial charge in [0.25, 0.3) is 0 Å². The average molecular weight is 465 g/mol. The first kappa shape index (κ1) is 20.9. The number of fused-ring (bicyclic) bond motifs is 2. The van der Waals surface area contributed by atoms with Crippen LogP contribution in [-0.4, -0.2) is 24.6 Å². The second-order valence-electron chi connectivity index (χ2n) is 7.14. The number of aromatic nitrogens is 5. The van der Waals surface area contributed by atoms with Crippen LogP contribution in [0.5, 0.6) is 0 Å². The zero-order valence-electron chi connectivity index (χ0n) is 16.1. The van der Waals surface area contributed by atoms with Crippen molar-refractivity contribution in [3.63, 3.8) is 0 Å². The number of hydrogen-bond acceptors (Lipinski definition) is 3. The highest BCUT2D eigenvalue weighted by molar-refractivity contribution is 5.85. The van der Waals surface area contributed by atoms with E-state index in [1.165, 1.54) is 12.1 Å². The molecule has 0 unspecified atom stereocenters. The van der Waals surface area contributed by atoms with E-state index in [9.17, 15) is 26.3 Å². The summed E-state index contributed by atoms with van der Waals surface area (Å²) in [7, 11) is 0. The summed E-state index contributed by atoms with van der Waals surface area (Å²) in [6, 6.07) is 6.71. The number of alkyl halides is 6. The molecule has 1 N–H and O–H groups in total. The van der Waals surface area contributed by atoms with Crippen molar-refractivity contribution in [2.75, 3.05) is 0 Å². The summed E-state index contributed by atoms with van der Waals surface area (Å²) in [4.78, 5) is 7.53. The minimum absolute atomic E-state index is 0.0192. The maximum absolute atomic E-state index is 15.2. The number of aromatic amines is 1. The second-order valence-corrected chi connectivity index (χ2v) is 7.14. The molecule has 0 bridgehead atoms. The molecule has 0 aliphatic rings. The van der Waals surface area contributed by atoms with Gasteiger partial charge in [-0.2, -0.15) is 31.4 Å². The van der Waals surface area contributed by atoms with Gasteiger partial charge < -0.3 is 0 Å². The van der Waals surface area contributed by atoms with Gasteiger partial charge >= 0.3 is 12.4 Å². The van der Waals surface area contributed by atoms with Crippen molar-refractivity contribution in [3.05, 3.63) is 72.1 Å². The Balaban J connectivity index is 1.78. The van der Waals surface area contributed by atoms with Crippen LogP contribution in [0.2, 0.25) is 0 Å². The average Bonchev–Trinajstić information content (AvgIpc) is 3.38. The summed E-state index contributed by atoms with van der Waals surface area (Å²) < 4.78 is 96.8. The van der Waals surface area contributed by atoms with Crippen molar-refractivity contribution >= 4 is 16.6 Å². The lowest BCUT2D eigenvalue weighted by atomic mass is 10.1. The SMILES string of the molecule is Fc1c(-c2c(C(F)(F)F)nc3cnc(-c4cccc(C(F)(F)F)c4)cn23)ccc2[nH]ncc12. The summed E-state index contributed by atoms with van der Waals surface area (Å²) >= 11 is 0. The fourth-order valence-corrected chi connectivity index (χ4v) is 3.58. The van der Waals surface area contributed by atoms with Gasteiger partial charge in [-0.1, -0.05) is 12.1 Å². The van der Waals surface area contributed by atoms with Gasteiger partial charge in [-0.15, -0.1) is 0 Å². The largest absolute Gasteiger partial charge is 0.435 e. The first-order valence-electron chi connectivity index (χ1n) is 9.29. The van der Waals surface area contributed by atoms with E-state index >= 15 is 4.39 Å². The number of hydrogen-bond donors (Lipinski definition) is 1. The maximum atomic E-state index is 15.2. The smallest absolute Gasteiger partial charge is 0.295 e. The third-order valence-electron chi connectivity index (χ3n) is 5.08. The third kappa shape index (κ3) is 3.47. The van der Waals surface area contributed by atoms with Gasteiger partial charge in [0.2, 0.25) is 0 Å². The Hall–Kier alpha value is -3.96. The van der Waals surface area contributed by atoms with E-state index in [1.807, 2.05) is 0 Å². The number of nitrogens with zero attached hydrogens (tertiary/aromatic N) is 4. The molecule has 0 fully saturated rings. The maximum Gasteiger partial charge on any atom is 0.435 e. The Bertz CT molecular complexity index is 1510. The lowest BCUT2D eigenvalue weighted by molar-refractivity contribution is -0.140. The summed E-state index contributed by atoms with van der Waals surface area (Å²) in [5, 5.41) is 6.19. The minimum Gasteiger partial charge on any atom is -0.295 e. The van der Waals surface area contributed by atoms with Crippen LogP contribution in [0.4, 0.5) is 30.7 Å². The number of benzene rings is 2. The van der Waals surface area contributed by atoms with E-state index in [2.05, 4.69) is 20.2 Å². The standard InChI is InChI=1S/C21H10F7N5/c22-17-12(4-5-14-13(17)7-30-32-14)18-19(21(26,27)28)31-16-8-29-15(9-33(16)18)10-2-1-3-11(6-10)20(23,24)25/h1-9H,(H,30,32). The quantitative estimate of drug-likeness (QED) is 0.320. The Morgan fingerprint density at radius 2 is 1.70 bits per heavy atom. The molecule has 0 amide bonds. The van der Waals surface area contributed by atoms with E-state index < -0.39 is 40.7 Å². The molecule has 2 aromatic carbocycles. The third-order valence-corrected chi connectivity index (χ3v) is 5.08. The van der Waals surface area contributed by atoms with E-state index in [4.69, 9.17) is 0 Å². The van der Waals surface area contributed by atoms with Crippen LogP contribution in [0.15, 0.2) is 55.0 Å². The van der Waals surface area contributed by atoms with Crippen molar-refractivity contribution in [1.82, 2.24) is 24.6 Å². The topological polar surface area (TPSA) is 58.9 Å². The molecule has 0 saturated carbocycles. The van der Waals surface area contributed by atoms with Crippen molar-refractivity contribution < 1.29 is 30.7 Å². The molecule has 33 heavy (non-hydrogen) atoms. The first-order chi connectivity index (χ1) is 15.5. The fourth-order valence-electron chi connectivity index (χ4n) is 3.58. The van der Waals surface area contributed by atoms with Gasteiger partial charge in [0.15, 0.2) is 11.3 Å². The number of rotatable bonds is 2. The van der Waals surface area contributed by atoms with Crippen LogP contribution in [0.3, 0.4) is 0 Å². The predicted molar refractivity (Wildman–Crippen MR) is 103 cm³/mol. The van der Waals surface area contributed by atoms with Crippen LogP contribution in [0, 0.1) is 5.82 Å². The van der Waals surface area contributed by atoms with Gasteiger partial charge in [-0.05, 0) is 24.3 Å². The van der Waals surface area contributed by atoms with Gasteiger partial charge in [0, 0.05) is 17.3 Å². The second kappa shape index (κ2) is 7.02. The van der Waals surface area contributed by atoms with E-state index in [-0.39, 0.29) is 27.8 Å². The highest BCUT2D eigenvalue weighted by Gasteiger charge is 2.39. The Kier molecular flexibility index (Phi) is 4.45. The van der Waals surface area contributed by atoms with Crippen LogP contribution in [0.25, 0.3) is 39.1 Å². The zero-order valence-corrected chi connectivity index (χ0v) is 16.1.